The molecule has 2 heterocycles. The normalized spacial score (nSPS) is 33.0. The molecule has 8 rings (SSSR count). The van der Waals surface area contributed by atoms with E-state index in [1.807, 2.05) is 0 Å². The maximum atomic E-state index is 13.4. The summed E-state index contributed by atoms with van der Waals surface area (Å²) < 4.78 is 10.8. The third-order valence-corrected chi connectivity index (χ3v) is 8.80. The van der Waals surface area contributed by atoms with E-state index in [1.54, 1.807) is 60.5 Å². The fourth-order valence-corrected chi connectivity index (χ4v) is 6.97. The van der Waals surface area contributed by atoms with Crippen molar-refractivity contribution in [1.29, 1.82) is 0 Å². The van der Waals surface area contributed by atoms with Crippen LogP contribution < -0.4 is 19.3 Å². The number of hydrogen-bond acceptors (Lipinski definition) is 6. The lowest BCUT2D eigenvalue weighted by atomic mass is 9.63. The first-order valence-corrected chi connectivity index (χ1v) is 12.8. The zero-order valence-electron chi connectivity index (χ0n) is 20.3. The smallest absolute Gasteiger partial charge is 0.316 e. The van der Waals surface area contributed by atoms with Crippen LogP contribution in [-0.2, 0) is 19.2 Å². The molecule has 0 spiro atoms. The van der Waals surface area contributed by atoms with Crippen molar-refractivity contribution in [3.05, 3.63) is 60.7 Å². The summed E-state index contributed by atoms with van der Waals surface area (Å²) in [5, 5.41) is 0. The minimum atomic E-state index is -0.621. The van der Waals surface area contributed by atoms with E-state index >= 15 is 0 Å². The average Bonchev–Trinajstić information content (AvgIpc) is 3.59. The number of hydrogen-bond donors (Lipinski definition) is 0. The van der Waals surface area contributed by atoms with Crippen molar-refractivity contribution >= 4 is 35.1 Å². The summed E-state index contributed by atoms with van der Waals surface area (Å²) in [5.74, 6) is 0.125. The Morgan fingerprint density at radius 1 is 0.865 bits per heavy atom. The molecule has 3 amide bonds. The van der Waals surface area contributed by atoms with Gasteiger partial charge in [0.05, 0.1) is 30.6 Å². The summed E-state index contributed by atoms with van der Waals surface area (Å²) in [6, 6.07) is 13.7. The highest BCUT2D eigenvalue weighted by Gasteiger charge is 2.67. The summed E-state index contributed by atoms with van der Waals surface area (Å²) in [5.41, 5.74) is 1.11. The number of allylic oxidation sites excluding steroid dienone is 2. The molecule has 0 radical (unpaired) electrons. The predicted octanol–water partition coefficient (Wildman–Crippen LogP) is 3.21. The Labute approximate surface area is 213 Å². The van der Waals surface area contributed by atoms with Crippen molar-refractivity contribution in [2.75, 3.05) is 23.5 Å². The van der Waals surface area contributed by atoms with Crippen molar-refractivity contribution in [2.45, 2.75) is 12.8 Å². The molecule has 37 heavy (non-hydrogen) atoms. The maximum Gasteiger partial charge on any atom is 0.316 e. The van der Waals surface area contributed by atoms with Gasteiger partial charge in [-0.1, -0.05) is 18.2 Å². The molecule has 0 aromatic heterocycles. The summed E-state index contributed by atoms with van der Waals surface area (Å²) in [6.07, 6.45) is 5.45. The van der Waals surface area contributed by atoms with Crippen LogP contribution in [0.25, 0.3) is 0 Å². The van der Waals surface area contributed by atoms with Gasteiger partial charge in [-0.05, 0) is 66.5 Å². The lowest BCUT2D eigenvalue weighted by Gasteiger charge is -2.37. The quantitative estimate of drug-likeness (QED) is 0.272. The lowest BCUT2D eigenvalue weighted by Crippen LogP contribution is -2.40. The summed E-state index contributed by atoms with van der Waals surface area (Å²) in [7, 11) is 1.57. The molecule has 2 saturated carbocycles. The van der Waals surface area contributed by atoms with Gasteiger partial charge in [0.2, 0.25) is 17.7 Å². The van der Waals surface area contributed by atoms with Gasteiger partial charge in [0.25, 0.3) is 0 Å². The first-order chi connectivity index (χ1) is 17.9. The Bertz CT molecular complexity index is 1330. The zero-order chi connectivity index (χ0) is 25.4. The fraction of sp³-hybridized carbons (Fsp3) is 0.379. The number of ether oxygens (including phenoxy) is 2. The van der Waals surface area contributed by atoms with Crippen LogP contribution >= 0.6 is 0 Å². The molecule has 8 heteroatoms. The molecule has 4 fully saturated rings. The van der Waals surface area contributed by atoms with Crippen LogP contribution in [0, 0.1) is 41.4 Å². The van der Waals surface area contributed by atoms with Crippen LogP contribution in [0.3, 0.4) is 0 Å². The molecule has 188 valence electrons. The number of benzene rings is 2. The predicted molar refractivity (Wildman–Crippen MR) is 133 cm³/mol. The van der Waals surface area contributed by atoms with E-state index in [-0.39, 0.29) is 60.1 Å². The molecule has 2 aromatic carbocycles. The van der Waals surface area contributed by atoms with Crippen LogP contribution in [0.15, 0.2) is 60.7 Å². The molecule has 2 saturated heterocycles. The summed E-state index contributed by atoms with van der Waals surface area (Å²) in [4.78, 5) is 55.2. The van der Waals surface area contributed by atoms with Crippen molar-refractivity contribution in [3.63, 3.8) is 0 Å². The molecule has 4 aliphatic carbocycles. The number of rotatable bonds is 5. The average molecular weight is 499 g/mol. The van der Waals surface area contributed by atoms with E-state index in [4.69, 9.17) is 9.47 Å². The maximum absolute atomic E-state index is 13.4. The molecule has 2 bridgehead atoms. The van der Waals surface area contributed by atoms with Crippen LogP contribution in [0.4, 0.5) is 11.4 Å². The second-order valence-electron chi connectivity index (χ2n) is 10.7. The molecule has 7 atom stereocenters. The van der Waals surface area contributed by atoms with Gasteiger partial charge in [-0.2, -0.15) is 0 Å². The number of anilines is 2. The SMILES string of the molecule is COc1ccc(N2C[C@H](C(=O)Oc3cccc(N4C(=O)[C@@H]5[C@H]6C=C[C@@H]([C@@H]7C[C@H]67)[C@@H]5C4=O)c3)CC2=O)cc1. The van der Waals surface area contributed by atoms with E-state index in [1.165, 1.54) is 4.90 Å². The van der Waals surface area contributed by atoms with Crippen LogP contribution in [0.5, 0.6) is 11.5 Å². The van der Waals surface area contributed by atoms with E-state index in [2.05, 4.69) is 12.2 Å². The van der Waals surface area contributed by atoms with Gasteiger partial charge in [-0.25, -0.2) is 4.90 Å². The van der Waals surface area contributed by atoms with Gasteiger partial charge in [0, 0.05) is 24.7 Å². The molecule has 8 nitrogen and oxygen atoms in total. The molecular formula is C29H26N2O6. The monoisotopic (exact) mass is 498 g/mol. The van der Waals surface area contributed by atoms with Crippen molar-refractivity contribution < 1.29 is 28.7 Å². The topological polar surface area (TPSA) is 93.2 Å². The van der Waals surface area contributed by atoms with Crippen LogP contribution in [-0.4, -0.2) is 37.3 Å². The van der Waals surface area contributed by atoms with Crippen LogP contribution in [0.2, 0.25) is 0 Å². The third kappa shape index (κ3) is 3.35. The zero-order valence-corrected chi connectivity index (χ0v) is 20.3. The number of nitrogens with zero attached hydrogens (tertiary/aromatic N) is 2. The summed E-state index contributed by atoms with van der Waals surface area (Å²) in [6.45, 7) is 0.217. The first-order valence-electron chi connectivity index (χ1n) is 12.8. The van der Waals surface area contributed by atoms with Gasteiger partial charge in [0.1, 0.15) is 11.5 Å². The highest BCUT2D eigenvalue weighted by Crippen LogP contribution is 2.65. The Morgan fingerprint density at radius 3 is 2.19 bits per heavy atom. The second-order valence-corrected chi connectivity index (χ2v) is 10.7. The highest BCUT2D eigenvalue weighted by molar-refractivity contribution is 6.22. The van der Waals surface area contributed by atoms with Gasteiger partial charge in [-0.15, -0.1) is 0 Å². The Hall–Kier alpha value is -3.94. The Balaban J connectivity index is 1.06. The van der Waals surface area contributed by atoms with Crippen molar-refractivity contribution in [1.82, 2.24) is 0 Å². The number of amides is 3. The summed E-state index contributed by atoms with van der Waals surface area (Å²) >= 11 is 0. The number of carbonyl (C=O) groups is 4. The van der Waals surface area contributed by atoms with E-state index in [0.29, 0.717) is 29.0 Å². The minimum Gasteiger partial charge on any atom is -0.497 e. The Kier molecular flexibility index (Phi) is 4.83. The van der Waals surface area contributed by atoms with Gasteiger partial charge >= 0.3 is 5.97 Å². The van der Waals surface area contributed by atoms with Crippen molar-refractivity contribution in [2.24, 2.45) is 41.4 Å². The van der Waals surface area contributed by atoms with Crippen LogP contribution in [0.1, 0.15) is 12.8 Å². The molecule has 0 N–H and O–H groups in total. The van der Waals surface area contributed by atoms with E-state index < -0.39 is 11.9 Å². The van der Waals surface area contributed by atoms with Crippen molar-refractivity contribution in [3.8, 4) is 11.5 Å². The molecule has 2 aromatic rings. The fourth-order valence-electron chi connectivity index (χ4n) is 6.97. The minimum absolute atomic E-state index is 0.0507. The lowest BCUT2D eigenvalue weighted by molar-refractivity contribution is -0.139. The van der Waals surface area contributed by atoms with E-state index in [9.17, 15) is 19.2 Å². The third-order valence-electron chi connectivity index (χ3n) is 8.80. The number of esters is 1. The highest BCUT2D eigenvalue weighted by atomic mass is 16.5. The standard InChI is InChI=1S/C29H26N2O6/c1-36-18-7-5-16(6-8-18)30-14-15(11-24(30)32)29(35)37-19-4-2-3-17(12-19)31-27(33)25-20-9-10-21(23-13-22(20)23)26(25)28(31)34/h2-10,12,15,20-23,25-26H,11,13-14H2,1H3/t15-,20+,21+,22-,23+,25-,26+/m1/s1. The van der Waals surface area contributed by atoms with Gasteiger partial charge < -0.3 is 14.4 Å². The Morgan fingerprint density at radius 2 is 1.54 bits per heavy atom. The largest absolute Gasteiger partial charge is 0.497 e. The molecule has 6 aliphatic rings. The number of imide groups is 1. The van der Waals surface area contributed by atoms with Gasteiger partial charge in [-0.3, -0.25) is 19.2 Å². The second kappa shape index (κ2) is 8.03. The molecule has 2 aliphatic heterocycles. The van der Waals surface area contributed by atoms with E-state index in [0.717, 1.165) is 6.42 Å². The number of carbonyl (C=O) groups excluding carboxylic acids is 4. The van der Waals surface area contributed by atoms with Gasteiger partial charge in [0.15, 0.2) is 0 Å². The number of methoxy groups -OCH3 is 1. The molecular weight excluding hydrogens is 472 g/mol. The molecule has 0 unspecified atom stereocenters. The first kappa shape index (κ1) is 22.3.